The molecular formula is C28H30N4O4. The van der Waals surface area contributed by atoms with Gasteiger partial charge in [0.2, 0.25) is 0 Å². The van der Waals surface area contributed by atoms with Gasteiger partial charge in [0.25, 0.3) is 11.8 Å². The maximum atomic E-state index is 12.7. The number of anilines is 1. The minimum Gasteiger partial charge on any atom is -0.493 e. The Morgan fingerprint density at radius 3 is 2.42 bits per heavy atom. The topological polar surface area (TPSA) is 94.0 Å². The van der Waals surface area contributed by atoms with E-state index in [1.165, 1.54) is 7.11 Å². The number of nitrogens with zero attached hydrogens (tertiary/aromatic N) is 2. The van der Waals surface area contributed by atoms with Crippen LogP contribution < -0.4 is 20.1 Å². The standard InChI is InChI=1S/C28H30N4O4/c1-28(2,14-15-29-27(34)22-18-30-25-7-5-6-16-32(22)25)20-9-11-21(12-10-20)31-26(33)19-8-13-23(35-3)24(17-19)36-4/h5-13,16-18H,14-15H2,1-4H3,(H,29,34)(H,31,33). The van der Waals surface area contributed by atoms with Crippen molar-refractivity contribution in [1.29, 1.82) is 0 Å². The maximum Gasteiger partial charge on any atom is 0.269 e. The average molecular weight is 487 g/mol. The molecule has 4 rings (SSSR count). The summed E-state index contributed by atoms with van der Waals surface area (Å²) in [6, 6.07) is 18.4. The number of hydrogen-bond acceptors (Lipinski definition) is 5. The van der Waals surface area contributed by atoms with Crippen LogP contribution in [0.2, 0.25) is 0 Å². The van der Waals surface area contributed by atoms with E-state index in [-0.39, 0.29) is 17.2 Å². The van der Waals surface area contributed by atoms with Gasteiger partial charge in [0, 0.05) is 24.0 Å². The quantitative estimate of drug-likeness (QED) is 0.358. The minimum absolute atomic E-state index is 0.155. The summed E-state index contributed by atoms with van der Waals surface area (Å²) >= 11 is 0. The monoisotopic (exact) mass is 486 g/mol. The Labute approximate surface area is 210 Å². The van der Waals surface area contributed by atoms with Crippen molar-refractivity contribution in [1.82, 2.24) is 14.7 Å². The molecule has 0 atom stereocenters. The van der Waals surface area contributed by atoms with Crippen molar-refractivity contribution < 1.29 is 19.1 Å². The molecule has 2 amide bonds. The lowest BCUT2D eigenvalue weighted by Crippen LogP contribution is -2.30. The molecule has 2 aromatic heterocycles. The van der Waals surface area contributed by atoms with Gasteiger partial charge in [-0.3, -0.25) is 14.0 Å². The number of rotatable bonds is 9. The minimum atomic E-state index is -0.238. The fourth-order valence-corrected chi connectivity index (χ4v) is 4.01. The summed E-state index contributed by atoms with van der Waals surface area (Å²) in [4.78, 5) is 29.6. The highest BCUT2D eigenvalue weighted by Gasteiger charge is 2.21. The van der Waals surface area contributed by atoms with Gasteiger partial charge in [-0.2, -0.15) is 0 Å². The van der Waals surface area contributed by atoms with E-state index < -0.39 is 0 Å². The molecule has 36 heavy (non-hydrogen) atoms. The van der Waals surface area contributed by atoms with E-state index in [0.717, 1.165) is 17.6 Å². The number of carbonyl (C=O) groups excluding carboxylic acids is 2. The molecule has 2 N–H and O–H groups in total. The van der Waals surface area contributed by atoms with Crippen LogP contribution in [-0.2, 0) is 5.41 Å². The molecule has 0 radical (unpaired) electrons. The molecule has 0 aliphatic heterocycles. The molecule has 186 valence electrons. The average Bonchev–Trinajstić information content (AvgIpc) is 3.33. The number of pyridine rings is 1. The van der Waals surface area contributed by atoms with Crippen molar-refractivity contribution in [2.75, 3.05) is 26.1 Å². The Kier molecular flexibility index (Phi) is 7.24. The number of hydrogen-bond donors (Lipinski definition) is 2. The summed E-state index contributed by atoms with van der Waals surface area (Å²) in [7, 11) is 3.08. The van der Waals surface area contributed by atoms with Gasteiger partial charge >= 0.3 is 0 Å². The van der Waals surface area contributed by atoms with Crippen molar-refractivity contribution in [3.63, 3.8) is 0 Å². The third kappa shape index (κ3) is 5.33. The second-order valence-electron chi connectivity index (χ2n) is 9.06. The number of methoxy groups -OCH3 is 2. The zero-order valence-electron chi connectivity index (χ0n) is 20.9. The molecule has 0 saturated carbocycles. The fourth-order valence-electron chi connectivity index (χ4n) is 4.01. The normalized spacial score (nSPS) is 11.2. The molecule has 8 heteroatoms. The number of fused-ring (bicyclic) bond motifs is 1. The Balaban J connectivity index is 1.34. The molecule has 0 spiro atoms. The van der Waals surface area contributed by atoms with Gasteiger partial charge < -0.3 is 20.1 Å². The lowest BCUT2D eigenvalue weighted by molar-refractivity contribution is 0.0944. The number of imidazole rings is 1. The van der Waals surface area contributed by atoms with E-state index in [0.29, 0.717) is 35.0 Å². The van der Waals surface area contributed by atoms with Crippen molar-refractivity contribution >= 4 is 23.1 Å². The Bertz CT molecular complexity index is 1380. The van der Waals surface area contributed by atoms with Gasteiger partial charge in [0.1, 0.15) is 11.3 Å². The van der Waals surface area contributed by atoms with Crippen molar-refractivity contribution in [2.24, 2.45) is 0 Å². The molecule has 2 heterocycles. The largest absolute Gasteiger partial charge is 0.493 e. The third-order valence-corrected chi connectivity index (χ3v) is 6.26. The predicted molar refractivity (Wildman–Crippen MR) is 139 cm³/mol. The van der Waals surface area contributed by atoms with Crippen LogP contribution in [0, 0.1) is 0 Å². The van der Waals surface area contributed by atoms with Gasteiger partial charge in [-0.05, 0) is 59.9 Å². The van der Waals surface area contributed by atoms with Gasteiger partial charge in [-0.15, -0.1) is 0 Å². The van der Waals surface area contributed by atoms with E-state index in [1.54, 1.807) is 35.9 Å². The summed E-state index contributed by atoms with van der Waals surface area (Å²) in [6.45, 7) is 4.78. The number of nitrogens with one attached hydrogen (secondary N) is 2. The lowest BCUT2D eigenvalue weighted by Gasteiger charge is -2.25. The number of amides is 2. The van der Waals surface area contributed by atoms with Crippen molar-refractivity contribution in [2.45, 2.75) is 25.7 Å². The van der Waals surface area contributed by atoms with Crippen LogP contribution in [0.25, 0.3) is 5.65 Å². The molecule has 8 nitrogen and oxygen atoms in total. The molecule has 0 bridgehead atoms. The highest BCUT2D eigenvalue weighted by atomic mass is 16.5. The summed E-state index contributed by atoms with van der Waals surface area (Å²) in [5.74, 6) is 0.668. The van der Waals surface area contributed by atoms with Crippen LogP contribution in [-0.4, -0.2) is 42.0 Å². The van der Waals surface area contributed by atoms with Gasteiger partial charge in [-0.25, -0.2) is 4.98 Å². The van der Waals surface area contributed by atoms with Crippen LogP contribution in [0.1, 0.15) is 46.7 Å². The van der Waals surface area contributed by atoms with E-state index >= 15 is 0 Å². The SMILES string of the molecule is COc1ccc(C(=O)Nc2ccc(C(C)(C)CCNC(=O)c3cnc4ccccn34)cc2)cc1OC. The van der Waals surface area contributed by atoms with Gasteiger partial charge in [-0.1, -0.05) is 32.0 Å². The van der Waals surface area contributed by atoms with E-state index in [1.807, 2.05) is 48.7 Å². The first-order valence-corrected chi connectivity index (χ1v) is 11.7. The van der Waals surface area contributed by atoms with Crippen molar-refractivity contribution in [3.8, 4) is 11.5 Å². The molecule has 0 aliphatic carbocycles. The van der Waals surface area contributed by atoms with Gasteiger partial charge in [0.15, 0.2) is 11.5 Å². The van der Waals surface area contributed by atoms with Crippen LogP contribution in [0.3, 0.4) is 0 Å². The lowest BCUT2D eigenvalue weighted by atomic mass is 9.81. The second-order valence-corrected chi connectivity index (χ2v) is 9.06. The maximum absolute atomic E-state index is 12.7. The van der Waals surface area contributed by atoms with E-state index in [2.05, 4.69) is 29.5 Å². The van der Waals surface area contributed by atoms with Crippen LogP contribution in [0.15, 0.2) is 73.1 Å². The fraction of sp³-hybridized carbons (Fsp3) is 0.250. The van der Waals surface area contributed by atoms with Crippen molar-refractivity contribution in [3.05, 3.63) is 89.9 Å². The summed E-state index contributed by atoms with van der Waals surface area (Å²) < 4.78 is 12.3. The number of ether oxygens (including phenoxy) is 2. The molecule has 0 saturated heterocycles. The van der Waals surface area contributed by atoms with Crippen LogP contribution in [0.5, 0.6) is 11.5 Å². The molecule has 0 unspecified atom stereocenters. The summed E-state index contributed by atoms with van der Waals surface area (Å²) in [5, 5.41) is 5.91. The Morgan fingerprint density at radius 2 is 1.69 bits per heavy atom. The second kappa shape index (κ2) is 10.5. The van der Waals surface area contributed by atoms with Crippen LogP contribution in [0.4, 0.5) is 5.69 Å². The zero-order valence-corrected chi connectivity index (χ0v) is 20.9. The van der Waals surface area contributed by atoms with Crippen LogP contribution >= 0.6 is 0 Å². The molecule has 4 aromatic rings. The first-order valence-electron chi connectivity index (χ1n) is 11.7. The zero-order chi connectivity index (χ0) is 25.7. The predicted octanol–water partition coefficient (Wildman–Crippen LogP) is 4.70. The Hall–Kier alpha value is -4.33. The first-order chi connectivity index (χ1) is 17.3. The first kappa shape index (κ1) is 24.8. The third-order valence-electron chi connectivity index (χ3n) is 6.26. The summed E-state index contributed by atoms with van der Waals surface area (Å²) in [5.41, 5.74) is 3.34. The van der Waals surface area contributed by atoms with E-state index in [4.69, 9.17) is 9.47 Å². The molecule has 0 aliphatic rings. The smallest absolute Gasteiger partial charge is 0.269 e. The highest BCUT2D eigenvalue weighted by Crippen LogP contribution is 2.29. The highest BCUT2D eigenvalue weighted by molar-refractivity contribution is 6.04. The van der Waals surface area contributed by atoms with Gasteiger partial charge in [0.05, 0.1) is 20.4 Å². The number of aromatic nitrogens is 2. The molecular weight excluding hydrogens is 456 g/mol. The number of benzene rings is 2. The molecule has 2 aromatic carbocycles. The Morgan fingerprint density at radius 1 is 0.944 bits per heavy atom. The summed E-state index contributed by atoms with van der Waals surface area (Å²) in [6.07, 6.45) is 4.16. The molecule has 0 fully saturated rings. The van der Waals surface area contributed by atoms with E-state index in [9.17, 15) is 9.59 Å². The number of carbonyl (C=O) groups is 2.